The van der Waals surface area contributed by atoms with Gasteiger partial charge in [0.1, 0.15) is 0 Å². The number of rotatable bonds is 5. The molecule has 0 aliphatic heterocycles. The van der Waals surface area contributed by atoms with Crippen LogP contribution in [0.1, 0.15) is 21.7 Å². The number of halogens is 2. The second kappa shape index (κ2) is 7.95. The molecule has 1 heterocycles. The van der Waals surface area contributed by atoms with Crippen LogP contribution in [0.4, 0.5) is 5.69 Å². The Kier molecular flexibility index (Phi) is 5.62. The van der Waals surface area contributed by atoms with E-state index in [1.807, 2.05) is 0 Å². The van der Waals surface area contributed by atoms with Gasteiger partial charge < -0.3 is 4.90 Å². The fraction of sp³-hybridized carbons (Fsp3) is 0.167. The van der Waals surface area contributed by atoms with Crippen molar-refractivity contribution in [3.8, 4) is 5.69 Å². The van der Waals surface area contributed by atoms with E-state index in [0.29, 0.717) is 21.4 Å². The number of benzene rings is 2. The maximum absolute atomic E-state index is 12.8. The van der Waals surface area contributed by atoms with Crippen LogP contribution in [0.3, 0.4) is 0 Å². The number of aromatic nitrogens is 3. The Balaban J connectivity index is 1.85. The Hall–Kier alpha value is -2.97. The van der Waals surface area contributed by atoms with Gasteiger partial charge in [-0.2, -0.15) is 0 Å². The number of amides is 1. The summed E-state index contributed by atoms with van der Waals surface area (Å²) in [5.74, 6) is -0.342. The zero-order valence-electron chi connectivity index (χ0n) is 15.0. The molecule has 0 saturated carbocycles. The Morgan fingerprint density at radius 3 is 2.54 bits per heavy atom. The summed E-state index contributed by atoms with van der Waals surface area (Å²) >= 11 is 12.0. The molecule has 28 heavy (non-hydrogen) atoms. The van der Waals surface area contributed by atoms with Crippen molar-refractivity contribution in [3.63, 3.8) is 0 Å². The number of carbonyl (C=O) groups is 1. The predicted octanol–water partition coefficient (Wildman–Crippen LogP) is 4.06. The molecule has 10 heteroatoms. The molecule has 144 valence electrons. The van der Waals surface area contributed by atoms with Crippen molar-refractivity contribution in [1.82, 2.24) is 19.9 Å². The fourth-order valence-corrected chi connectivity index (χ4v) is 3.31. The molecule has 0 aliphatic carbocycles. The topological polar surface area (TPSA) is 94.2 Å². The first-order chi connectivity index (χ1) is 13.3. The number of nitro groups is 1. The highest BCUT2D eigenvalue weighted by molar-refractivity contribution is 6.34. The number of non-ortho nitro benzene ring substituents is 1. The molecule has 0 aliphatic rings. The maximum Gasteiger partial charge on any atom is 0.276 e. The Morgan fingerprint density at radius 1 is 1.21 bits per heavy atom. The van der Waals surface area contributed by atoms with Crippen molar-refractivity contribution < 1.29 is 9.72 Å². The van der Waals surface area contributed by atoms with Gasteiger partial charge >= 0.3 is 0 Å². The van der Waals surface area contributed by atoms with Gasteiger partial charge in [0.15, 0.2) is 5.69 Å². The molecule has 1 amide bonds. The van der Waals surface area contributed by atoms with Crippen LogP contribution < -0.4 is 0 Å². The zero-order chi connectivity index (χ0) is 20.4. The van der Waals surface area contributed by atoms with Crippen molar-refractivity contribution in [2.75, 3.05) is 7.05 Å². The van der Waals surface area contributed by atoms with Gasteiger partial charge in [0, 0.05) is 35.8 Å². The molecule has 3 aromatic rings. The van der Waals surface area contributed by atoms with Gasteiger partial charge in [0.25, 0.3) is 11.6 Å². The number of hydrogen-bond acceptors (Lipinski definition) is 5. The van der Waals surface area contributed by atoms with Gasteiger partial charge in [-0.3, -0.25) is 14.9 Å². The van der Waals surface area contributed by atoms with Gasteiger partial charge in [-0.15, -0.1) is 5.10 Å². The monoisotopic (exact) mass is 419 g/mol. The smallest absolute Gasteiger partial charge is 0.276 e. The number of nitro benzene ring substituents is 1. The molecule has 0 radical (unpaired) electrons. The van der Waals surface area contributed by atoms with E-state index < -0.39 is 4.92 Å². The summed E-state index contributed by atoms with van der Waals surface area (Å²) < 4.78 is 1.39. The van der Waals surface area contributed by atoms with Crippen LogP contribution in [0.25, 0.3) is 5.69 Å². The lowest BCUT2D eigenvalue weighted by molar-refractivity contribution is -0.384. The molecular weight excluding hydrogens is 405 g/mol. The van der Waals surface area contributed by atoms with Gasteiger partial charge in [0.05, 0.1) is 16.3 Å². The van der Waals surface area contributed by atoms with Crippen molar-refractivity contribution in [2.24, 2.45) is 0 Å². The highest BCUT2D eigenvalue weighted by Gasteiger charge is 2.21. The lowest BCUT2D eigenvalue weighted by Crippen LogP contribution is -2.27. The summed E-state index contributed by atoms with van der Waals surface area (Å²) in [6.45, 7) is 1.96. The largest absolute Gasteiger partial charge is 0.336 e. The fourth-order valence-electron chi connectivity index (χ4n) is 2.74. The first-order valence-electron chi connectivity index (χ1n) is 8.14. The minimum atomic E-state index is -0.494. The maximum atomic E-state index is 12.8. The number of nitrogens with zero attached hydrogens (tertiary/aromatic N) is 5. The van der Waals surface area contributed by atoms with Crippen LogP contribution in [0.15, 0.2) is 42.5 Å². The Labute approximate surface area is 170 Å². The van der Waals surface area contributed by atoms with Crippen molar-refractivity contribution in [3.05, 3.63) is 79.6 Å². The molecule has 0 fully saturated rings. The molecule has 0 spiro atoms. The molecule has 0 N–H and O–H groups in total. The van der Waals surface area contributed by atoms with Crippen LogP contribution in [0.2, 0.25) is 10.0 Å². The van der Waals surface area contributed by atoms with E-state index in [9.17, 15) is 14.9 Å². The summed E-state index contributed by atoms with van der Waals surface area (Å²) in [5, 5.41) is 19.9. The van der Waals surface area contributed by atoms with Crippen LogP contribution in [0.5, 0.6) is 0 Å². The highest BCUT2D eigenvalue weighted by atomic mass is 35.5. The minimum Gasteiger partial charge on any atom is -0.336 e. The molecular formula is C18H15Cl2N5O3. The average Bonchev–Trinajstić information content (AvgIpc) is 3.01. The van der Waals surface area contributed by atoms with Crippen molar-refractivity contribution in [1.29, 1.82) is 0 Å². The quantitative estimate of drug-likeness (QED) is 0.458. The Bertz CT molecular complexity index is 1050. The van der Waals surface area contributed by atoms with E-state index in [1.54, 1.807) is 44.3 Å². The van der Waals surface area contributed by atoms with Crippen LogP contribution in [-0.4, -0.2) is 37.8 Å². The third-order valence-corrected chi connectivity index (χ3v) is 4.51. The zero-order valence-corrected chi connectivity index (χ0v) is 16.5. The van der Waals surface area contributed by atoms with E-state index in [1.165, 1.54) is 21.7 Å². The average molecular weight is 420 g/mol. The Morgan fingerprint density at radius 2 is 1.89 bits per heavy atom. The predicted molar refractivity (Wildman–Crippen MR) is 105 cm³/mol. The summed E-state index contributed by atoms with van der Waals surface area (Å²) in [4.78, 5) is 24.7. The summed E-state index contributed by atoms with van der Waals surface area (Å²) in [6.07, 6.45) is 0. The van der Waals surface area contributed by atoms with Crippen LogP contribution in [0, 0.1) is 17.0 Å². The standard InChI is InChI=1S/C18H15Cl2N5O3/c1-11-17(18(26)23(2)10-12-6-13(19)8-14(20)7-12)21-22-24(11)15-4-3-5-16(9-15)25(27)28/h3-9H,10H2,1-2H3. The first kappa shape index (κ1) is 19.8. The van der Waals surface area contributed by atoms with Crippen LogP contribution in [-0.2, 0) is 6.54 Å². The highest BCUT2D eigenvalue weighted by Crippen LogP contribution is 2.22. The molecule has 8 nitrogen and oxygen atoms in total. The van der Waals surface area contributed by atoms with Gasteiger partial charge in [-0.25, -0.2) is 4.68 Å². The third-order valence-electron chi connectivity index (χ3n) is 4.07. The van der Waals surface area contributed by atoms with E-state index >= 15 is 0 Å². The molecule has 0 atom stereocenters. The molecule has 0 bridgehead atoms. The van der Waals surface area contributed by atoms with Crippen molar-refractivity contribution >= 4 is 34.8 Å². The second-order valence-corrected chi connectivity index (χ2v) is 7.02. The SMILES string of the molecule is Cc1c(C(=O)N(C)Cc2cc(Cl)cc(Cl)c2)nnn1-c1cccc([N+](=O)[O-])c1. The van der Waals surface area contributed by atoms with E-state index in [2.05, 4.69) is 10.3 Å². The number of carbonyl (C=O) groups excluding carboxylic acids is 1. The second-order valence-electron chi connectivity index (χ2n) is 6.15. The molecule has 0 unspecified atom stereocenters. The molecule has 1 aromatic heterocycles. The van der Waals surface area contributed by atoms with Gasteiger partial charge in [-0.1, -0.05) is 34.5 Å². The van der Waals surface area contributed by atoms with Gasteiger partial charge in [-0.05, 0) is 36.8 Å². The summed E-state index contributed by atoms with van der Waals surface area (Å²) in [7, 11) is 1.63. The van der Waals surface area contributed by atoms with Crippen molar-refractivity contribution in [2.45, 2.75) is 13.5 Å². The van der Waals surface area contributed by atoms with E-state index in [4.69, 9.17) is 23.2 Å². The molecule has 2 aromatic carbocycles. The molecule has 3 rings (SSSR count). The van der Waals surface area contributed by atoms with Crippen LogP contribution >= 0.6 is 23.2 Å². The summed E-state index contributed by atoms with van der Waals surface area (Å²) in [6, 6.07) is 11.0. The lowest BCUT2D eigenvalue weighted by Gasteiger charge is -2.16. The normalized spacial score (nSPS) is 10.7. The molecule has 0 saturated heterocycles. The van der Waals surface area contributed by atoms with E-state index in [-0.39, 0.29) is 23.8 Å². The number of hydrogen-bond donors (Lipinski definition) is 0. The third kappa shape index (κ3) is 4.13. The van der Waals surface area contributed by atoms with Gasteiger partial charge in [0.2, 0.25) is 0 Å². The first-order valence-corrected chi connectivity index (χ1v) is 8.89. The van der Waals surface area contributed by atoms with E-state index in [0.717, 1.165) is 5.56 Å². The lowest BCUT2D eigenvalue weighted by atomic mass is 10.2. The minimum absolute atomic E-state index is 0.0739. The summed E-state index contributed by atoms with van der Waals surface area (Å²) in [5.41, 5.74) is 1.78.